The van der Waals surface area contributed by atoms with E-state index >= 15 is 0 Å². The second-order valence-corrected chi connectivity index (χ2v) is 5.54. The van der Waals surface area contributed by atoms with Crippen molar-refractivity contribution >= 4 is 17.7 Å². The van der Waals surface area contributed by atoms with E-state index in [-0.39, 0.29) is 6.42 Å². The van der Waals surface area contributed by atoms with Gasteiger partial charge < -0.3 is 5.11 Å². The summed E-state index contributed by atoms with van der Waals surface area (Å²) in [6, 6.07) is 15.3. The Morgan fingerprint density at radius 3 is 2.55 bits per heavy atom. The molecule has 0 spiro atoms. The summed E-state index contributed by atoms with van der Waals surface area (Å²) in [7, 11) is 0. The first kappa shape index (κ1) is 14.2. The molecule has 2 aromatic rings. The Labute approximate surface area is 121 Å². The quantitative estimate of drug-likeness (QED) is 0.930. The molecule has 0 fully saturated rings. The lowest BCUT2D eigenvalue weighted by Crippen LogP contribution is -1.99. The lowest BCUT2D eigenvalue weighted by molar-refractivity contribution is -0.136. The molecule has 0 bridgehead atoms. The van der Waals surface area contributed by atoms with E-state index in [1.165, 1.54) is 11.8 Å². The van der Waals surface area contributed by atoms with Gasteiger partial charge in [-0.2, -0.15) is 5.26 Å². The van der Waals surface area contributed by atoms with Crippen LogP contribution in [0, 0.1) is 18.3 Å². The van der Waals surface area contributed by atoms with E-state index in [2.05, 4.69) is 6.07 Å². The van der Waals surface area contributed by atoms with Gasteiger partial charge in [0.2, 0.25) is 0 Å². The molecule has 0 heterocycles. The summed E-state index contributed by atoms with van der Waals surface area (Å²) in [5.74, 6) is -0.837. The Kier molecular flexibility index (Phi) is 4.44. The zero-order valence-corrected chi connectivity index (χ0v) is 11.8. The molecule has 0 aliphatic rings. The first-order valence-corrected chi connectivity index (χ1v) is 6.89. The Balaban J connectivity index is 2.20. The van der Waals surface area contributed by atoms with Crippen molar-refractivity contribution in [1.29, 1.82) is 5.26 Å². The summed E-state index contributed by atoms with van der Waals surface area (Å²) in [4.78, 5) is 12.5. The van der Waals surface area contributed by atoms with Crippen LogP contribution < -0.4 is 0 Å². The van der Waals surface area contributed by atoms with Crippen LogP contribution in [-0.2, 0) is 11.2 Å². The summed E-state index contributed by atoms with van der Waals surface area (Å²) in [6.45, 7) is 1.99. The average molecular weight is 283 g/mol. The molecule has 0 aromatic heterocycles. The summed E-state index contributed by atoms with van der Waals surface area (Å²) >= 11 is 1.51. The number of carboxylic acids is 1. The number of hydrogen-bond donors (Lipinski definition) is 1. The molecule has 0 amide bonds. The predicted octanol–water partition coefficient (Wildman–Crippen LogP) is 3.65. The Bertz CT molecular complexity index is 672. The number of aliphatic carboxylic acids is 1. The SMILES string of the molecule is Cc1ccc(C#N)c(Sc2ccc(CC(=O)O)cc2)c1. The molecule has 2 aromatic carbocycles. The van der Waals surface area contributed by atoms with Gasteiger partial charge in [0.1, 0.15) is 6.07 Å². The van der Waals surface area contributed by atoms with E-state index in [1.807, 2.05) is 37.3 Å². The van der Waals surface area contributed by atoms with Crippen molar-refractivity contribution in [3.63, 3.8) is 0 Å². The summed E-state index contributed by atoms with van der Waals surface area (Å²) in [5, 5.41) is 17.8. The standard InChI is InChI=1S/C16H13NO2S/c1-11-2-5-13(10-17)15(8-11)20-14-6-3-12(4-7-14)9-16(18)19/h2-8H,9H2,1H3,(H,18,19). The fourth-order valence-electron chi connectivity index (χ4n) is 1.78. The van der Waals surface area contributed by atoms with Crippen LogP contribution in [0.5, 0.6) is 0 Å². The molecular formula is C16H13NO2S. The van der Waals surface area contributed by atoms with Gasteiger partial charge in [-0.05, 0) is 42.3 Å². The van der Waals surface area contributed by atoms with Crippen molar-refractivity contribution in [2.75, 3.05) is 0 Å². The molecule has 2 rings (SSSR count). The van der Waals surface area contributed by atoms with E-state index in [1.54, 1.807) is 12.1 Å². The van der Waals surface area contributed by atoms with Crippen LogP contribution in [0.25, 0.3) is 0 Å². The summed E-state index contributed by atoms with van der Waals surface area (Å²) in [6.07, 6.45) is 0.0266. The maximum absolute atomic E-state index is 10.6. The van der Waals surface area contributed by atoms with Gasteiger partial charge in [0.15, 0.2) is 0 Å². The highest BCUT2D eigenvalue weighted by atomic mass is 32.2. The van der Waals surface area contributed by atoms with Crippen LogP contribution in [0.4, 0.5) is 0 Å². The molecule has 100 valence electrons. The van der Waals surface area contributed by atoms with Gasteiger partial charge in [0.05, 0.1) is 12.0 Å². The fraction of sp³-hybridized carbons (Fsp3) is 0.125. The maximum atomic E-state index is 10.6. The Morgan fingerprint density at radius 1 is 1.25 bits per heavy atom. The molecule has 0 saturated carbocycles. The first-order chi connectivity index (χ1) is 9.58. The minimum absolute atomic E-state index is 0.0266. The van der Waals surface area contributed by atoms with Gasteiger partial charge in [-0.15, -0.1) is 0 Å². The number of hydrogen-bond acceptors (Lipinski definition) is 3. The van der Waals surface area contributed by atoms with Gasteiger partial charge in [0.25, 0.3) is 0 Å². The molecule has 0 saturated heterocycles. The van der Waals surface area contributed by atoms with Crippen LogP contribution in [-0.4, -0.2) is 11.1 Å². The van der Waals surface area contributed by atoms with Crippen molar-refractivity contribution in [2.45, 2.75) is 23.1 Å². The van der Waals surface area contributed by atoms with E-state index < -0.39 is 5.97 Å². The third-order valence-corrected chi connectivity index (χ3v) is 3.83. The Hall–Kier alpha value is -2.25. The number of rotatable bonds is 4. The van der Waals surface area contributed by atoms with Crippen LogP contribution in [0.2, 0.25) is 0 Å². The topological polar surface area (TPSA) is 61.1 Å². The number of nitriles is 1. The minimum atomic E-state index is -0.837. The van der Waals surface area contributed by atoms with Gasteiger partial charge in [0, 0.05) is 9.79 Å². The highest BCUT2D eigenvalue weighted by Gasteiger charge is 2.05. The van der Waals surface area contributed by atoms with Gasteiger partial charge in [-0.1, -0.05) is 30.0 Å². The number of carbonyl (C=O) groups is 1. The number of aryl methyl sites for hydroxylation is 1. The van der Waals surface area contributed by atoms with Crippen LogP contribution in [0.1, 0.15) is 16.7 Å². The molecular weight excluding hydrogens is 270 g/mol. The monoisotopic (exact) mass is 283 g/mol. The largest absolute Gasteiger partial charge is 0.481 e. The van der Waals surface area contributed by atoms with Gasteiger partial charge >= 0.3 is 5.97 Å². The van der Waals surface area contributed by atoms with E-state index in [0.717, 1.165) is 20.9 Å². The molecule has 1 N–H and O–H groups in total. The van der Waals surface area contributed by atoms with E-state index in [0.29, 0.717) is 5.56 Å². The molecule has 4 heteroatoms. The van der Waals surface area contributed by atoms with Crippen molar-refractivity contribution in [1.82, 2.24) is 0 Å². The van der Waals surface area contributed by atoms with E-state index in [9.17, 15) is 4.79 Å². The second kappa shape index (κ2) is 6.27. The van der Waals surface area contributed by atoms with Crippen LogP contribution in [0.15, 0.2) is 52.3 Å². The smallest absolute Gasteiger partial charge is 0.307 e. The zero-order chi connectivity index (χ0) is 14.5. The molecule has 3 nitrogen and oxygen atoms in total. The fourth-order valence-corrected chi connectivity index (χ4v) is 2.78. The molecule has 20 heavy (non-hydrogen) atoms. The first-order valence-electron chi connectivity index (χ1n) is 6.08. The Morgan fingerprint density at radius 2 is 1.95 bits per heavy atom. The molecule has 0 aliphatic carbocycles. The molecule has 0 aliphatic heterocycles. The molecule has 0 radical (unpaired) electrons. The van der Waals surface area contributed by atoms with Crippen molar-refractivity contribution in [3.05, 3.63) is 59.2 Å². The third-order valence-electron chi connectivity index (χ3n) is 2.76. The number of nitrogens with zero attached hydrogens (tertiary/aromatic N) is 1. The van der Waals surface area contributed by atoms with E-state index in [4.69, 9.17) is 10.4 Å². The zero-order valence-electron chi connectivity index (χ0n) is 11.0. The van der Waals surface area contributed by atoms with Crippen LogP contribution in [0.3, 0.4) is 0 Å². The minimum Gasteiger partial charge on any atom is -0.481 e. The van der Waals surface area contributed by atoms with Gasteiger partial charge in [-0.3, -0.25) is 4.79 Å². The lowest BCUT2D eigenvalue weighted by Gasteiger charge is -2.06. The average Bonchev–Trinajstić information content (AvgIpc) is 2.41. The summed E-state index contributed by atoms with van der Waals surface area (Å²) in [5.41, 5.74) is 2.52. The predicted molar refractivity (Wildman–Crippen MR) is 77.8 cm³/mol. The van der Waals surface area contributed by atoms with Gasteiger partial charge in [-0.25, -0.2) is 0 Å². The highest BCUT2D eigenvalue weighted by Crippen LogP contribution is 2.31. The second-order valence-electron chi connectivity index (χ2n) is 4.43. The van der Waals surface area contributed by atoms with Crippen molar-refractivity contribution in [3.8, 4) is 6.07 Å². The normalized spacial score (nSPS) is 10.0. The van der Waals surface area contributed by atoms with Crippen molar-refractivity contribution < 1.29 is 9.90 Å². The lowest BCUT2D eigenvalue weighted by atomic mass is 10.2. The number of benzene rings is 2. The van der Waals surface area contributed by atoms with Crippen LogP contribution >= 0.6 is 11.8 Å². The third kappa shape index (κ3) is 3.62. The van der Waals surface area contributed by atoms with Crippen molar-refractivity contribution in [2.24, 2.45) is 0 Å². The summed E-state index contributed by atoms with van der Waals surface area (Å²) < 4.78 is 0. The number of carboxylic acid groups (broad SMARTS) is 1. The maximum Gasteiger partial charge on any atom is 0.307 e. The highest BCUT2D eigenvalue weighted by molar-refractivity contribution is 7.99. The molecule has 0 unspecified atom stereocenters. The molecule has 0 atom stereocenters.